The monoisotopic (exact) mass is 676 g/mol. The number of thiol groups is 1. The van der Waals surface area contributed by atoms with Gasteiger partial charge in [0, 0.05) is 22.5 Å². The molecule has 0 aliphatic rings. The van der Waals surface area contributed by atoms with Gasteiger partial charge in [-0.15, -0.1) is 11.3 Å². The Labute approximate surface area is 265 Å². The van der Waals surface area contributed by atoms with Crippen molar-refractivity contribution in [2.24, 2.45) is 0 Å². The lowest BCUT2D eigenvalue weighted by atomic mass is 10.0. The molecule has 4 rings (SSSR count). The molecule has 44 heavy (non-hydrogen) atoms. The lowest BCUT2D eigenvalue weighted by molar-refractivity contribution is -0.123. The van der Waals surface area contributed by atoms with Gasteiger partial charge in [0.1, 0.15) is 16.8 Å². The number of thiazole rings is 1. The summed E-state index contributed by atoms with van der Waals surface area (Å²) in [5.41, 5.74) is 2.35. The molecule has 1 heterocycles. The number of anilines is 1. The molecule has 0 aliphatic carbocycles. The van der Waals surface area contributed by atoms with Gasteiger partial charge in [-0.3, -0.25) is 9.52 Å². The summed E-state index contributed by atoms with van der Waals surface area (Å²) in [6.45, 7) is 0. The van der Waals surface area contributed by atoms with Crippen LogP contribution in [-0.4, -0.2) is 47.0 Å². The number of rotatable bonds is 13. The van der Waals surface area contributed by atoms with Gasteiger partial charge in [-0.1, -0.05) is 54.1 Å². The van der Waals surface area contributed by atoms with Crippen molar-refractivity contribution in [2.75, 3.05) is 11.8 Å². The van der Waals surface area contributed by atoms with Crippen molar-refractivity contribution in [3.8, 4) is 0 Å². The van der Waals surface area contributed by atoms with Crippen LogP contribution in [0, 0.1) is 0 Å². The Morgan fingerprint density at radius 3 is 2.23 bits per heavy atom. The number of aromatic nitrogens is 1. The molecule has 3 aromatic carbocycles. The lowest BCUT2D eigenvalue weighted by Gasteiger charge is -2.23. The van der Waals surface area contributed by atoms with E-state index < -0.39 is 44.8 Å². The fourth-order valence-corrected chi connectivity index (χ4v) is 7.22. The number of carbonyl (C=O) groups is 2. The Bertz CT molecular complexity index is 1750. The van der Waals surface area contributed by atoms with Crippen LogP contribution in [0.2, 0.25) is 5.02 Å². The summed E-state index contributed by atoms with van der Waals surface area (Å²) >= 11 is 7.04. The maximum Gasteiger partial charge on any atom is 0.407 e. The van der Waals surface area contributed by atoms with E-state index in [1.165, 1.54) is 31.4 Å². The predicted molar refractivity (Wildman–Crippen MR) is 169 cm³/mol. The Morgan fingerprint density at radius 2 is 1.59 bits per heavy atom. The molecule has 4 aromatic rings. The van der Waals surface area contributed by atoms with Crippen LogP contribution in [0.15, 0.2) is 89.1 Å². The van der Waals surface area contributed by atoms with Crippen molar-refractivity contribution in [3.05, 3.63) is 111 Å². The smallest absolute Gasteiger partial charge is 0.407 e. The third-order valence-electron chi connectivity index (χ3n) is 6.42. The first-order valence-electron chi connectivity index (χ1n) is 13.1. The highest BCUT2D eigenvalue weighted by molar-refractivity contribution is 7.90. The number of amides is 2. The molecule has 0 aliphatic heterocycles. The highest BCUT2D eigenvalue weighted by Crippen LogP contribution is 2.26. The first-order chi connectivity index (χ1) is 21.0. The average Bonchev–Trinajstić information content (AvgIpc) is 3.45. The molecular formula is C29H29ClN4O7S3. The Kier molecular flexibility index (Phi) is 11.3. The molecule has 0 spiro atoms. The van der Waals surface area contributed by atoms with Crippen LogP contribution in [0.5, 0.6) is 0 Å². The molecule has 11 nitrogen and oxygen atoms in total. The molecule has 0 saturated carbocycles. The second-order valence-corrected chi connectivity index (χ2v) is 13.7. The summed E-state index contributed by atoms with van der Waals surface area (Å²) in [4.78, 5) is 30.4. The average molecular weight is 677 g/mol. The van der Waals surface area contributed by atoms with Crippen LogP contribution >= 0.6 is 22.9 Å². The van der Waals surface area contributed by atoms with E-state index in [9.17, 15) is 26.4 Å². The molecule has 2 atom stereocenters. The summed E-state index contributed by atoms with van der Waals surface area (Å²) in [5, 5.41) is 7.94. The van der Waals surface area contributed by atoms with Gasteiger partial charge < -0.3 is 15.4 Å². The highest BCUT2D eigenvalue weighted by atomic mass is 35.5. The Balaban J connectivity index is 1.60. The summed E-state index contributed by atoms with van der Waals surface area (Å²) in [7, 11) is -5.35. The number of sulfone groups is 1. The van der Waals surface area contributed by atoms with Gasteiger partial charge in [0.2, 0.25) is 16.8 Å². The van der Waals surface area contributed by atoms with E-state index in [-0.39, 0.29) is 23.5 Å². The van der Waals surface area contributed by atoms with Gasteiger partial charge in [0.05, 0.1) is 23.7 Å². The molecule has 0 radical (unpaired) electrons. The minimum atomic E-state index is -3.72. The minimum Gasteiger partial charge on any atom is -0.453 e. The third kappa shape index (κ3) is 9.51. The number of ether oxygens (including phenoxy) is 1. The second kappa shape index (κ2) is 15.1. The van der Waals surface area contributed by atoms with Crippen LogP contribution in [0.1, 0.15) is 27.9 Å². The van der Waals surface area contributed by atoms with Gasteiger partial charge in [0.15, 0.2) is 9.84 Å². The SMILES string of the molecule is COC(=O)N[C@@H](Cc1ccccc1)C(=O)N[C@@H](Cc1ccc(N[SH](=O)=O)cc1)c1csc(CS(=O)(=O)c2ccc(Cl)cc2)n1. The van der Waals surface area contributed by atoms with Gasteiger partial charge in [-0.25, -0.2) is 26.6 Å². The van der Waals surface area contributed by atoms with Crippen LogP contribution < -0.4 is 15.4 Å². The maximum absolute atomic E-state index is 13.6. The number of benzene rings is 3. The fraction of sp³-hybridized carbons (Fsp3) is 0.207. The van der Waals surface area contributed by atoms with Crippen molar-refractivity contribution in [1.82, 2.24) is 15.6 Å². The zero-order valence-electron chi connectivity index (χ0n) is 23.3. The molecule has 2 amide bonds. The topological polar surface area (TPSA) is 161 Å². The Hall–Kier alpha value is -3.98. The number of methoxy groups -OCH3 is 1. The minimum absolute atomic E-state index is 0.106. The molecular weight excluding hydrogens is 648 g/mol. The molecule has 1 aromatic heterocycles. The molecule has 3 N–H and O–H groups in total. The zero-order chi connectivity index (χ0) is 31.7. The van der Waals surface area contributed by atoms with Crippen molar-refractivity contribution in [3.63, 3.8) is 0 Å². The predicted octanol–water partition coefficient (Wildman–Crippen LogP) is 4.08. The summed E-state index contributed by atoms with van der Waals surface area (Å²) in [5.74, 6) is -0.858. The van der Waals surface area contributed by atoms with Crippen molar-refractivity contribution in [1.29, 1.82) is 0 Å². The zero-order valence-corrected chi connectivity index (χ0v) is 26.6. The lowest BCUT2D eigenvalue weighted by Crippen LogP contribution is -2.49. The fourth-order valence-electron chi connectivity index (χ4n) is 4.26. The highest BCUT2D eigenvalue weighted by Gasteiger charge is 2.27. The maximum atomic E-state index is 13.6. The molecule has 0 unspecified atom stereocenters. The summed E-state index contributed by atoms with van der Waals surface area (Å²) < 4.78 is 55.1. The van der Waals surface area contributed by atoms with Gasteiger partial charge in [-0.2, -0.15) is 0 Å². The molecule has 0 saturated heterocycles. The normalized spacial score (nSPS) is 12.7. The molecule has 0 bridgehead atoms. The number of hydrogen-bond donors (Lipinski definition) is 4. The van der Waals surface area contributed by atoms with E-state index in [1.807, 2.05) is 30.3 Å². The van der Waals surface area contributed by atoms with E-state index in [1.54, 1.807) is 29.6 Å². The Morgan fingerprint density at radius 1 is 0.932 bits per heavy atom. The number of alkyl carbamates (subject to hydrolysis) is 1. The molecule has 15 heteroatoms. The second-order valence-electron chi connectivity index (χ2n) is 9.59. The van der Waals surface area contributed by atoms with Crippen molar-refractivity contribution in [2.45, 2.75) is 35.6 Å². The van der Waals surface area contributed by atoms with E-state index in [0.717, 1.165) is 22.5 Å². The number of nitrogens with zero attached hydrogens (tertiary/aromatic N) is 1. The largest absolute Gasteiger partial charge is 0.453 e. The van der Waals surface area contributed by atoms with Crippen LogP contribution in [0.4, 0.5) is 10.5 Å². The summed E-state index contributed by atoms with van der Waals surface area (Å²) in [6.07, 6.45) is -0.358. The van der Waals surface area contributed by atoms with Crippen molar-refractivity contribution >= 4 is 61.4 Å². The van der Waals surface area contributed by atoms with Crippen LogP contribution in [0.3, 0.4) is 0 Å². The third-order valence-corrected chi connectivity index (χ3v) is 9.81. The number of hydrogen-bond acceptors (Lipinski definition) is 9. The van der Waals surface area contributed by atoms with E-state index in [0.29, 0.717) is 21.4 Å². The number of halogens is 1. The van der Waals surface area contributed by atoms with Gasteiger partial charge >= 0.3 is 6.09 Å². The summed E-state index contributed by atoms with van der Waals surface area (Å²) in [6, 6.07) is 19.8. The van der Waals surface area contributed by atoms with Crippen LogP contribution in [-0.2, 0) is 48.9 Å². The van der Waals surface area contributed by atoms with E-state index in [4.69, 9.17) is 16.3 Å². The standard InChI is InChI=1S/C29H29ClN4O7S3/c1-41-29(36)33-25(16-19-5-3-2-4-6-19)28(35)32-24(15-20-7-11-22(12-8-20)34-43(37)38)26-17-42-27(31-26)18-44(39,40)23-13-9-21(30)10-14-23/h2-14,17,24-25,43H,15-16,18H2,1H3,(H,32,35)(H,33,36)(H,34,37,38)/t24-,25-/m0/s1. The number of nitrogens with one attached hydrogen (secondary N) is 3. The quantitative estimate of drug-likeness (QED) is 0.154. The first-order valence-corrected chi connectivity index (χ1v) is 17.2. The van der Waals surface area contributed by atoms with E-state index >= 15 is 0 Å². The van der Waals surface area contributed by atoms with Crippen LogP contribution in [0.25, 0.3) is 0 Å². The molecule has 232 valence electrons. The first kappa shape index (κ1) is 32.9. The van der Waals surface area contributed by atoms with Gasteiger partial charge in [-0.05, 0) is 53.9 Å². The number of carbonyl (C=O) groups excluding carboxylic acids is 2. The van der Waals surface area contributed by atoms with Gasteiger partial charge in [0.25, 0.3) is 0 Å². The molecule has 0 fully saturated rings. The van der Waals surface area contributed by atoms with E-state index in [2.05, 4.69) is 20.3 Å². The van der Waals surface area contributed by atoms with Crippen molar-refractivity contribution < 1.29 is 31.2 Å².